The molecule has 0 bridgehead atoms. The zero-order chi connectivity index (χ0) is 20.9. The Balaban J connectivity index is 0.00000272. The van der Waals surface area contributed by atoms with Crippen molar-refractivity contribution in [1.82, 2.24) is 15.1 Å². The number of benzene rings is 1. The average Bonchev–Trinajstić information content (AvgIpc) is 3.31. The van der Waals surface area contributed by atoms with Crippen molar-refractivity contribution >= 4 is 47.4 Å². The van der Waals surface area contributed by atoms with Crippen LogP contribution in [-0.2, 0) is 6.54 Å². The summed E-state index contributed by atoms with van der Waals surface area (Å²) in [5.74, 6) is 2.37. The Morgan fingerprint density at radius 1 is 1.16 bits per heavy atom. The number of furan rings is 1. The highest BCUT2D eigenvalue weighted by atomic mass is 127. The van der Waals surface area contributed by atoms with E-state index in [1.807, 2.05) is 19.1 Å². The monoisotopic (exact) mass is 560 g/mol. The number of piperazine rings is 1. The molecule has 168 valence electrons. The first kappa shape index (κ1) is 23.5. The number of hydrogen-bond donors (Lipinski definition) is 1. The first-order valence-electron chi connectivity index (χ1n) is 10.1. The van der Waals surface area contributed by atoms with Crippen LogP contribution in [0.5, 0.6) is 11.5 Å². The van der Waals surface area contributed by atoms with Gasteiger partial charge in [-0.2, -0.15) is 0 Å². The minimum atomic E-state index is -0.0764. The molecule has 10 heteroatoms. The van der Waals surface area contributed by atoms with Crippen LogP contribution in [0.2, 0.25) is 5.02 Å². The maximum atomic E-state index is 12.5. The van der Waals surface area contributed by atoms with E-state index in [9.17, 15) is 4.79 Å². The maximum Gasteiger partial charge on any atom is 0.289 e. The maximum absolute atomic E-state index is 12.5. The molecule has 8 nitrogen and oxygen atoms in total. The smallest absolute Gasteiger partial charge is 0.289 e. The van der Waals surface area contributed by atoms with Gasteiger partial charge in [-0.15, -0.1) is 24.0 Å². The summed E-state index contributed by atoms with van der Waals surface area (Å²) in [6.45, 7) is 6.88. The first-order chi connectivity index (χ1) is 14.7. The zero-order valence-corrected chi connectivity index (χ0v) is 20.4. The molecular formula is C21H26ClIN4O4. The highest BCUT2D eigenvalue weighted by Crippen LogP contribution is 2.38. The zero-order valence-electron chi connectivity index (χ0n) is 17.3. The van der Waals surface area contributed by atoms with Crippen LogP contribution in [0.1, 0.15) is 23.0 Å². The second kappa shape index (κ2) is 10.9. The summed E-state index contributed by atoms with van der Waals surface area (Å²) in [6.07, 6.45) is 1.52. The van der Waals surface area contributed by atoms with Crippen molar-refractivity contribution in [2.75, 3.05) is 45.9 Å². The number of aliphatic imine (C=N–C) groups is 1. The number of ether oxygens (including phenoxy) is 2. The predicted molar refractivity (Wildman–Crippen MR) is 129 cm³/mol. The topological polar surface area (TPSA) is 79.5 Å². The first-order valence-corrected chi connectivity index (χ1v) is 10.5. The molecule has 0 aliphatic carbocycles. The Kier molecular flexibility index (Phi) is 8.30. The van der Waals surface area contributed by atoms with E-state index in [1.165, 1.54) is 6.26 Å². The summed E-state index contributed by atoms with van der Waals surface area (Å²) in [5.41, 5.74) is 0.950. The molecule has 4 rings (SSSR count). The van der Waals surface area contributed by atoms with Crippen molar-refractivity contribution in [3.8, 4) is 11.5 Å². The van der Waals surface area contributed by atoms with Crippen molar-refractivity contribution in [2.24, 2.45) is 4.99 Å². The Morgan fingerprint density at radius 3 is 2.61 bits per heavy atom. The van der Waals surface area contributed by atoms with E-state index < -0.39 is 0 Å². The lowest BCUT2D eigenvalue weighted by atomic mass is 10.2. The van der Waals surface area contributed by atoms with Crippen molar-refractivity contribution in [3.63, 3.8) is 0 Å². The number of halogens is 2. The normalized spacial score (nSPS) is 16.0. The molecule has 1 saturated heterocycles. The Hall–Kier alpha value is -2.14. The van der Waals surface area contributed by atoms with Crippen molar-refractivity contribution in [2.45, 2.75) is 13.5 Å². The minimum Gasteiger partial charge on any atom is -0.486 e. The Labute approximate surface area is 203 Å². The van der Waals surface area contributed by atoms with E-state index in [0.29, 0.717) is 68.2 Å². The molecule has 0 radical (unpaired) electrons. The number of fused-ring (bicyclic) bond motifs is 1. The molecule has 2 aliphatic heterocycles. The fourth-order valence-corrected chi connectivity index (χ4v) is 3.81. The number of nitrogens with zero attached hydrogens (tertiary/aromatic N) is 3. The number of rotatable bonds is 4. The third-order valence-electron chi connectivity index (χ3n) is 5.00. The number of amides is 1. The summed E-state index contributed by atoms with van der Waals surface area (Å²) >= 11 is 6.34. The number of carbonyl (C=O) groups excluding carboxylic acids is 1. The second-order valence-electron chi connectivity index (χ2n) is 7.03. The van der Waals surface area contributed by atoms with Crippen LogP contribution in [0.15, 0.2) is 39.9 Å². The number of nitrogens with one attached hydrogen (secondary N) is 1. The van der Waals surface area contributed by atoms with E-state index in [1.54, 1.807) is 17.0 Å². The SMILES string of the molecule is CCNC(=NCc1cc(Cl)c2c(c1)OCCO2)N1CCN(C(=O)c2ccco2)CC1.I. The molecule has 3 heterocycles. The van der Waals surface area contributed by atoms with Crippen LogP contribution in [0, 0.1) is 0 Å². The van der Waals surface area contributed by atoms with Gasteiger partial charge in [0.15, 0.2) is 23.2 Å². The van der Waals surface area contributed by atoms with E-state index >= 15 is 0 Å². The highest BCUT2D eigenvalue weighted by Gasteiger charge is 2.25. The molecule has 1 N–H and O–H groups in total. The molecule has 1 aromatic heterocycles. The van der Waals surface area contributed by atoms with Gasteiger partial charge < -0.3 is 29.0 Å². The van der Waals surface area contributed by atoms with Crippen LogP contribution in [-0.4, -0.2) is 67.6 Å². The lowest BCUT2D eigenvalue weighted by molar-refractivity contribution is 0.0657. The molecule has 1 amide bonds. The summed E-state index contributed by atoms with van der Waals surface area (Å²) in [4.78, 5) is 21.2. The average molecular weight is 561 g/mol. The standard InChI is InChI=1S/C21H25ClN4O4.HI/c1-2-23-21(24-14-15-12-16(22)19-18(13-15)29-10-11-30-19)26-7-5-25(6-8-26)20(27)17-4-3-9-28-17;/h3-4,9,12-13H,2,5-8,10-11,14H2,1H3,(H,23,24);1H. The van der Waals surface area contributed by atoms with E-state index in [2.05, 4.69) is 10.2 Å². The summed E-state index contributed by atoms with van der Waals surface area (Å²) in [7, 11) is 0. The molecule has 2 aromatic rings. The van der Waals surface area contributed by atoms with Gasteiger partial charge in [-0.3, -0.25) is 4.79 Å². The van der Waals surface area contributed by atoms with Crippen LogP contribution in [0.4, 0.5) is 0 Å². The highest BCUT2D eigenvalue weighted by molar-refractivity contribution is 14.0. The van der Waals surface area contributed by atoms with Crippen molar-refractivity contribution in [1.29, 1.82) is 0 Å². The van der Waals surface area contributed by atoms with Gasteiger partial charge in [0.05, 0.1) is 17.8 Å². The predicted octanol–water partition coefficient (Wildman–Crippen LogP) is 3.25. The summed E-state index contributed by atoms with van der Waals surface area (Å²) in [5, 5.41) is 3.87. The summed E-state index contributed by atoms with van der Waals surface area (Å²) in [6, 6.07) is 7.21. The third kappa shape index (κ3) is 5.57. The molecule has 2 aliphatic rings. The molecule has 0 unspecified atom stereocenters. The van der Waals surface area contributed by atoms with Crippen molar-refractivity contribution < 1.29 is 18.7 Å². The molecule has 0 spiro atoms. The van der Waals surface area contributed by atoms with Gasteiger partial charge in [0.1, 0.15) is 13.2 Å². The summed E-state index contributed by atoms with van der Waals surface area (Å²) < 4.78 is 16.5. The van der Waals surface area contributed by atoms with Crippen LogP contribution < -0.4 is 14.8 Å². The molecule has 1 fully saturated rings. The molecule has 0 saturated carbocycles. The second-order valence-corrected chi connectivity index (χ2v) is 7.44. The van der Waals surface area contributed by atoms with Gasteiger partial charge in [-0.05, 0) is 36.8 Å². The lowest BCUT2D eigenvalue weighted by Gasteiger charge is -2.36. The van der Waals surface area contributed by atoms with Crippen LogP contribution in [0.3, 0.4) is 0 Å². The molecule has 0 atom stereocenters. The largest absolute Gasteiger partial charge is 0.486 e. The molecule has 31 heavy (non-hydrogen) atoms. The number of hydrogen-bond acceptors (Lipinski definition) is 5. The Morgan fingerprint density at radius 2 is 1.90 bits per heavy atom. The third-order valence-corrected chi connectivity index (χ3v) is 5.28. The van der Waals surface area contributed by atoms with Crippen LogP contribution >= 0.6 is 35.6 Å². The minimum absolute atomic E-state index is 0. The quantitative estimate of drug-likeness (QED) is 0.351. The molecule has 1 aromatic carbocycles. The number of carbonyl (C=O) groups is 1. The van der Waals surface area contributed by atoms with E-state index in [0.717, 1.165) is 18.1 Å². The molecular weight excluding hydrogens is 535 g/mol. The number of guanidine groups is 1. The van der Waals surface area contributed by atoms with Gasteiger partial charge >= 0.3 is 0 Å². The van der Waals surface area contributed by atoms with Gasteiger partial charge in [-0.25, -0.2) is 4.99 Å². The lowest BCUT2D eigenvalue weighted by Crippen LogP contribution is -2.53. The fraction of sp³-hybridized carbons (Fsp3) is 0.429. The van der Waals surface area contributed by atoms with Gasteiger partial charge in [-0.1, -0.05) is 11.6 Å². The fourth-order valence-electron chi connectivity index (χ4n) is 3.52. The van der Waals surface area contributed by atoms with E-state index in [4.69, 9.17) is 30.5 Å². The van der Waals surface area contributed by atoms with Gasteiger partial charge in [0.25, 0.3) is 5.91 Å². The van der Waals surface area contributed by atoms with E-state index in [-0.39, 0.29) is 29.9 Å². The Bertz CT molecular complexity index is 914. The van der Waals surface area contributed by atoms with Crippen molar-refractivity contribution in [3.05, 3.63) is 46.9 Å². The van der Waals surface area contributed by atoms with Crippen LogP contribution in [0.25, 0.3) is 0 Å². The van der Waals surface area contributed by atoms with Gasteiger partial charge in [0.2, 0.25) is 0 Å². The van der Waals surface area contributed by atoms with Gasteiger partial charge in [0, 0.05) is 32.7 Å².